The molecule has 5 nitrogen and oxygen atoms in total. The number of hydrogen-bond donors (Lipinski definition) is 0. The van der Waals surface area contributed by atoms with Crippen LogP contribution in [0.3, 0.4) is 0 Å². The zero-order chi connectivity index (χ0) is 16.6. The van der Waals surface area contributed by atoms with Gasteiger partial charge in [-0.05, 0) is 44.2 Å². The summed E-state index contributed by atoms with van der Waals surface area (Å²) in [7, 11) is 0. The van der Waals surface area contributed by atoms with E-state index < -0.39 is 0 Å². The summed E-state index contributed by atoms with van der Waals surface area (Å²) in [5.41, 5.74) is -0.0573. The van der Waals surface area contributed by atoms with Gasteiger partial charge < -0.3 is 9.64 Å². The summed E-state index contributed by atoms with van der Waals surface area (Å²) in [5, 5.41) is 0.699. The first-order chi connectivity index (χ1) is 11.7. The second kappa shape index (κ2) is 6.33. The maximum Gasteiger partial charge on any atom is 0.268 e. The highest BCUT2D eigenvalue weighted by atomic mass is 32.1. The van der Waals surface area contributed by atoms with E-state index in [1.807, 2.05) is 29.2 Å². The number of hydrogen-bond acceptors (Lipinski definition) is 4. The van der Waals surface area contributed by atoms with Crippen LogP contribution in [-0.2, 0) is 16.1 Å². The van der Waals surface area contributed by atoms with Crippen molar-refractivity contribution in [2.24, 2.45) is 0 Å². The molecule has 1 atom stereocenters. The van der Waals surface area contributed by atoms with E-state index in [-0.39, 0.29) is 23.6 Å². The third-order valence-corrected chi connectivity index (χ3v) is 6.33. The number of fused-ring (bicyclic) bond motifs is 1. The van der Waals surface area contributed by atoms with Crippen molar-refractivity contribution in [3.05, 3.63) is 34.6 Å². The number of benzene rings is 1. The van der Waals surface area contributed by atoms with Gasteiger partial charge >= 0.3 is 0 Å². The molecule has 2 aromatic rings. The van der Waals surface area contributed by atoms with Gasteiger partial charge in [-0.25, -0.2) is 0 Å². The Labute approximate surface area is 145 Å². The molecule has 1 spiro atoms. The van der Waals surface area contributed by atoms with Crippen molar-refractivity contribution < 1.29 is 9.53 Å². The molecular formula is C18H22N2O3S. The maximum absolute atomic E-state index is 12.7. The standard InChI is InChI=1S/C18H22N2O3S/c21-16(13-20-17(22)14-5-1-2-6-15(14)24-20)19-10-3-7-18(9-11-19)8-4-12-23-18/h1-2,5-6H,3-4,7-13H2/t18-/m0/s1. The molecule has 0 aliphatic carbocycles. The minimum absolute atomic E-state index is 0.00345. The van der Waals surface area contributed by atoms with Crippen molar-refractivity contribution in [1.82, 2.24) is 8.86 Å². The van der Waals surface area contributed by atoms with Crippen LogP contribution in [-0.4, -0.2) is 40.1 Å². The van der Waals surface area contributed by atoms with Gasteiger partial charge in [-0.1, -0.05) is 23.7 Å². The van der Waals surface area contributed by atoms with Crippen LogP contribution >= 0.6 is 11.5 Å². The first-order valence-corrected chi connectivity index (χ1v) is 9.45. The Morgan fingerprint density at radius 3 is 2.79 bits per heavy atom. The summed E-state index contributed by atoms with van der Waals surface area (Å²) in [5.74, 6) is 0.0405. The highest BCUT2D eigenvalue weighted by Gasteiger charge is 2.37. The predicted molar refractivity (Wildman–Crippen MR) is 94.4 cm³/mol. The SMILES string of the molecule is O=C(Cn1sc2ccccc2c1=O)N1CCC[C@]2(CCCO2)CC1. The number of likely N-dealkylation sites (tertiary alicyclic amines) is 1. The molecule has 0 saturated carbocycles. The van der Waals surface area contributed by atoms with Crippen molar-refractivity contribution in [1.29, 1.82) is 0 Å². The van der Waals surface area contributed by atoms with Gasteiger partial charge in [-0.3, -0.25) is 13.5 Å². The van der Waals surface area contributed by atoms with Crippen molar-refractivity contribution in [3.63, 3.8) is 0 Å². The Hall–Kier alpha value is -1.66. The lowest BCUT2D eigenvalue weighted by atomic mass is 9.92. The van der Waals surface area contributed by atoms with E-state index in [4.69, 9.17) is 4.74 Å². The van der Waals surface area contributed by atoms with Crippen LogP contribution in [0.2, 0.25) is 0 Å². The lowest BCUT2D eigenvalue weighted by molar-refractivity contribution is -0.131. The quantitative estimate of drug-likeness (QED) is 0.840. The number of carbonyl (C=O) groups excluding carboxylic acids is 1. The fourth-order valence-electron chi connectivity index (χ4n) is 3.91. The molecule has 2 fully saturated rings. The smallest absolute Gasteiger partial charge is 0.268 e. The molecule has 0 unspecified atom stereocenters. The van der Waals surface area contributed by atoms with Crippen LogP contribution in [0, 0.1) is 0 Å². The summed E-state index contributed by atoms with van der Waals surface area (Å²) < 4.78 is 8.49. The van der Waals surface area contributed by atoms with Gasteiger partial charge in [0, 0.05) is 19.7 Å². The van der Waals surface area contributed by atoms with Crippen LogP contribution in [0.4, 0.5) is 0 Å². The molecule has 0 bridgehead atoms. The second-order valence-electron chi connectivity index (χ2n) is 6.80. The molecule has 6 heteroatoms. The number of carbonyl (C=O) groups is 1. The molecule has 1 amide bonds. The Morgan fingerprint density at radius 1 is 1.17 bits per heavy atom. The molecule has 1 aromatic carbocycles. The maximum atomic E-state index is 12.7. The van der Waals surface area contributed by atoms with Gasteiger partial charge in [-0.2, -0.15) is 0 Å². The van der Waals surface area contributed by atoms with Gasteiger partial charge in [0.1, 0.15) is 6.54 Å². The Balaban J connectivity index is 1.47. The highest BCUT2D eigenvalue weighted by molar-refractivity contribution is 7.13. The number of nitrogens with zero attached hydrogens (tertiary/aromatic N) is 2. The van der Waals surface area contributed by atoms with E-state index in [1.165, 1.54) is 11.5 Å². The third-order valence-electron chi connectivity index (χ3n) is 5.27. The van der Waals surface area contributed by atoms with E-state index in [0.717, 1.165) is 56.5 Å². The van der Waals surface area contributed by atoms with Crippen LogP contribution < -0.4 is 5.56 Å². The lowest BCUT2D eigenvalue weighted by Crippen LogP contribution is -2.37. The summed E-state index contributed by atoms with van der Waals surface area (Å²) in [6, 6.07) is 7.52. The molecule has 2 saturated heterocycles. The van der Waals surface area contributed by atoms with E-state index in [9.17, 15) is 9.59 Å². The summed E-state index contributed by atoms with van der Waals surface area (Å²) >= 11 is 1.37. The molecular weight excluding hydrogens is 324 g/mol. The second-order valence-corrected chi connectivity index (χ2v) is 7.86. The average Bonchev–Trinajstić information content (AvgIpc) is 3.09. The van der Waals surface area contributed by atoms with Crippen molar-refractivity contribution in [2.45, 2.75) is 44.2 Å². The first-order valence-electron chi connectivity index (χ1n) is 8.68. The summed E-state index contributed by atoms with van der Waals surface area (Å²) in [6.07, 6.45) is 5.18. The monoisotopic (exact) mass is 346 g/mol. The lowest BCUT2D eigenvalue weighted by Gasteiger charge is -2.26. The molecule has 0 N–H and O–H groups in total. The molecule has 2 aliphatic heterocycles. The molecule has 1 aromatic heterocycles. The fraction of sp³-hybridized carbons (Fsp3) is 0.556. The first kappa shape index (κ1) is 15.8. The van der Waals surface area contributed by atoms with Crippen LogP contribution in [0.5, 0.6) is 0 Å². The molecule has 3 heterocycles. The summed E-state index contributed by atoms with van der Waals surface area (Å²) in [6.45, 7) is 2.50. The summed E-state index contributed by atoms with van der Waals surface area (Å²) in [4.78, 5) is 27.0. The van der Waals surface area contributed by atoms with Crippen molar-refractivity contribution in [2.75, 3.05) is 19.7 Å². The van der Waals surface area contributed by atoms with E-state index >= 15 is 0 Å². The molecule has 128 valence electrons. The van der Waals surface area contributed by atoms with Gasteiger partial charge in [0.15, 0.2) is 0 Å². The van der Waals surface area contributed by atoms with Gasteiger partial charge in [-0.15, -0.1) is 0 Å². The molecule has 2 aliphatic rings. The molecule has 0 radical (unpaired) electrons. The Bertz CT molecular complexity index is 804. The topological polar surface area (TPSA) is 51.5 Å². The van der Waals surface area contributed by atoms with Gasteiger partial charge in [0.2, 0.25) is 5.91 Å². The number of amides is 1. The minimum Gasteiger partial charge on any atom is -0.375 e. The normalized spacial score (nSPS) is 24.6. The van der Waals surface area contributed by atoms with E-state index in [1.54, 1.807) is 3.96 Å². The number of rotatable bonds is 2. The zero-order valence-electron chi connectivity index (χ0n) is 13.7. The predicted octanol–water partition coefficient (Wildman–Crippen LogP) is 2.62. The third kappa shape index (κ3) is 2.89. The van der Waals surface area contributed by atoms with Gasteiger partial charge in [0.05, 0.1) is 15.7 Å². The van der Waals surface area contributed by atoms with Crippen molar-refractivity contribution >= 4 is 27.5 Å². The van der Waals surface area contributed by atoms with E-state index in [2.05, 4.69) is 0 Å². The average molecular weight is 346 g/mol. The van der Waals surface area contributed by atoms with Crippen LogP contribution in [0.15, 0.2) is 29.1 Å². The highest BCUT2D eigenvalue weighted by Crippen LogP contribution is 2.35. The Morgan fingerprint density at radius 2 is 2.00 bits per heavy atom. The fourth-order valence-corrected chi connectivity index (χ4v) is 4.90. The van der Waals surface area contributed by atoms with E-state index in [0.29, 0.717) is 5.39 Å². The molecule has 24 heavy (non-hydrogen) atoms. The van der Waals surface area contributed by atoms with Crippen molar-refractivity contribution in [3.8, 4) is 0 Å². The Kier molecular flexibility index (Phi) is 4.18. The van der Waals surface area contributed by atoms with Crippen LogP contribution in [0.1, 0.15) is 32.1 Å². The minimum atomic E-state index is -0.0608. The number of ether oxygens (including phenoxy) is 1. The van der Waals surface area contributed by atoms with Crippen LogP contribution in [0.25, 0.3) is 10.1 Å². The largest absolute Gasteiger partial charge is 0.375 e. The molecule has 4 rings (SSSR count). The zero-order valence-corrected chi connectivity index (χ0v) is 14.5. The van der Waals surface area contributed by atoms with Gasteiger partial charge in [0.25, 0.3) is 5.56 Å². The number of aromatic nitrogens is 1.